The van der Waals surface area contributed by atoms with Gasteiger partial charge in [-0.05, 0) is 44.9 Å². The zero-order valence-corrected chi connectivity index (χ0v) is 15.9. The number of amides is 3. The first kappa shape index (κ1) is 19.7. The molecule has 0 spiro atoms. The van der Waals surface area contributed by atoms with Gasteiger partial charge >= 0.3 is 5.97 Å². The minimum atomic E-state index is -0.724. The summed E-state index contributed by atoms with van der Waals surface area (Å²) >= 11 is 0. The second-order valence-corrected chi connectivity index (χ2v) is 6.83. The number of carbonyl (C=O) groups is 4. The Kier molecular flexibility index (Phi) is 5.81. The molecule has 0 bridgehead atoms. The summed E-state index contributed by atoms with van der Waals surface area (Å²) in [5.41, 5.74) is 1.68. The van der Waals surface area contributed by atoms with Gasteiger partial charge in [-0.3, -0.25) is 14.4 Å². The van der Waals surface area contributed by atoms with Crippen LogP contribution in [0.2, 0.25) is 0 Å². The Labute approximate surface area is 162 Å². The number of hydrogen-bond donors (Lipinski definition) is 3. The zero-order valence-electron chi connectivity index (χ0n) is 15.9. The van der Waals surface area contributed by atoms with Gasteiger partial charge in [-0.1, -0.05) is 0 Å². The van der Waals surface area contributed by atoms with E-state index in [1.54, 1.807) is 32.0 Å². The Hall–Kier alpha value is -3.10. The summed E-state index contributed by atoms with van der Waals surface area (Å²) in [6, 6.07) is 4.07. The van der Waals surface area contributed by atoms with E-state index < -0.39 is 24.5 Å². The fourth-order valence-electron chi connectivity index (χ4n) is 3.45. The monoisotopic (exact) mass is 388 g/mol. The highest BCUT2D eigenvalue weighted by Gasteiger charge is 2.36. The number of benzene rings is 1. The lowest BCUT2D eigenvalue weighted by atomic mass is 10.1. The smallest absolute Gasteiger partial charge is 0.338 e. The molecule has 1 fully saturated rings. The Bertz CT molecular complexity index is 810. The van der Waals surface area contributed by atoms with Crippen molar-refractivity contribution in [1.82, 2.24) is 10.6 Å². The summed E-state index contributed by atoms with van der Waals surface area (Å²) in [7, 11) is 0. The number of likely N-dealkylation sites (N-methyl/N-ethyl adjacent to an activating group) is 1. The predicted molar refractivity (Wildman–Crippen MR) is 102 cm³/mol. The van der Waals surface area contributed by atoms with Crippen molar-refractivity contribution in [3.63, 3.8) is 0 Å². The molecule has 0 unspecified atom stereocenters. The molecule has 3 N–H and O–H groups in total. The molecule has 3 amide bonds. The molecule has 9 nitrogen and oxygen atoms in total. The van der Waals surface area contributed by atoms with Crippen LogP contribution in [0.1, 0.15) is 37.0 Å². The molecule has 1 saturated heterocycles. The summed E-state index contributed by atoms with van der Waals surface area (Å²) in [6.45, 7) is 4.09. The first-order valence-electron chi connectivity index (χ1n) is 9.36. The Morgan fingerprint density at radius 2 is 2.14 bits per heavy atom. The minimum Gasteiger partial charge on any atom is -0.452 e. The molecular formula is C19H24N4O5. The van der Waals surface area contributed by atoms with E-state index in [0.717, 1.165) is 25.1 Å². The minimum absolute atomic E-state index is 0.0748. The SMILES string of the molecule is CCNC(=O)[C@H](C)NC(=O)COC(=O)c1ccc2c(c1)NC(=O)[C@@H]1CCCN21. The van der Waals surface area contributed by atoms with Crippen LogP contribution in [-0.2, 0) is 19.1 Å². The molecule has 2 aliphatic heterocycles. The van der Waals surface area contributed by atoms with Gasteiger partial charge in [0.1, 0.15) is 12.1 Å². The molecule has 1 aromatic carbocycles. The zero-order chi connectivity index (χ0) is 20.3. The van der Waals surface area contributed by atoms with E-state index in [4.69, 9.17) is 4.74 Å². The number of esters is 1. The lowest BCUT2D eigenvalue weighted by Gasteiger charge is -2.33. The number of nitrogens with one attached hydrogen (secondary N) is 3. The van der Waals surface area contributed by atoms with Crippen molar-refractivity contribution in [2.75, 3.05) is 29.9 Å². The third-order valence-corrected chi connectivity index (χ3v) is 4.81. The molecule has 0 radical (unpaired) electrons. The number of rotatable bonds is 6. The molecule has 2 aliphatic rings. The van der Waals surface area contributed by atoms with E-state index >= 15 is 0 Å². The van der Waals surface area contributed by atoms with Gasteiger partial charge in [0.05, 0.1) is 16.9 Å². The number of anilines is 2. The van der Waals surface area contributed by atoms with Crippen LogP contribution in [0, 0.1) is 0 Å². The van der Waals surface area contributed by atoms with Crippen molar-refractivity contribution in [1.29, 1.82) is 0 Å². The van der Waals surface area contributed by atoms with Gasteiger partial charge in [-0.15, -0.1) is 0 Å². The van der Waals surface area contributed by atoms with Crippen LogP contribution in [0.4, 0.5) is 11.4 Å². The summed E-state index contributed by atoms with van der Waals surface area (Å²) in [5, 5.41) is 7.88. The largest absolute Gasteiger partial charge is 0.452 e. The number of carbonyl (C=O) groups excluding carboxylic acids is 4. The maximum absolute atomic E-state index is 12.3. The van der Waals surface area contributed by atoms with Crippen molar-refractivity contribution < 1.29 is 23.9 Å². The Morgan fingerprint density at radius 1 is 1.36 bits per heavy atom. The summed E-state index contributed by atoms with van der Waals surface area (Å²) in [4.78, 5) is 50.0. The van der Waals surface area contributed by atoms with Crippen molar-refractivity contribution in [2.24, 2.45) is 0 Å². The summed E-state index contributed by atoms with van der Waals surface area (Å²) in [5.74, 6) is -1.64. The second kappa shape index (κ2) is 8.28. The molecule has 1 aromatic rings. The van der Waals surface area contributed by atoms with Gasteiger partial charge in [-0.25, -0.2) is 4.79 Å². The highest BCUT2D eigenvalue weighted by molar-refractivity contribution is 6.05. The van der Waals surface area contributed by atoms with Crippen molar-refractivity contribution >= 4 is 35.1 Å². The van der Waals surface area contributed by atoms with E-state index in [2.05, 4.69) is 16.0 Å². The van der Waals surface area contributed by atoms with Gasteiger partial charge < -0.3 is 25.6 Å². The van der Waals surface area contributed by atoms with Crippen LogP contribution in [0.5, 0.6) is 0 Å². The van der Waals surface area contributed by atoms with E-state index in [-0.39, 0.29) is 23.4 Å². The van der Waals surface area contributed by atoms with Gasteiger partial charge in [0.25, 0.3) is 5.91 Å². The number of hydrogen-bond acceptors (Lipinski definition) is 6. The maximum atomic E-state index is 12.3. The third-order valence-electron chi connectivity index (χ3n) is 4.81. The van der Waals surface area contributed by atoms with Gasteiger partial charge in [0.2, 0.25) is 11.8 Å². The van der Waals surface area contributed by atoms with E-state index in [9.17, 15) is 19.2 Å². The van der Waals surface area contributed by atoms with Crippen LogP contribution >= 0.6 is 0 Å². The third kappa shape index (κ3) is 4.08. The highest BCUT2D eigenvalue weighted by Crippen LogP contribution is 2.37. The molecule has 3 rings (SSSR count). The number of nitrogens with zero attached hydrogens (tertiary/aromatic N) is 1. The first-order chi connectivity index (χ1) is 13.4. The van der Waals surface area contributed by atoms with Crippen LogP contribution in [0.15, 0.2) is 18.2 Å². The lowest BCUT2D eigenvalue weighted by Crippen LogP contribution is -2.46. The Balaban J connectivity index is 1.58. The van der Waals surface area contributed by atoms with Crippen molar-refractivity contribution in [3.05, 3.63) is 23.8 Å². The fraction of sp³-hybridized carbons (Fsp3) is 0.474. The van der Waals surface area contributed by atoms with E-state index in [1.807, 2.05) is 4.90 Å². The Morgan fingerprint density at radius 3 is 2.89 bits per heavy atom. The van der Waals surface area contributed by atoms with Crippen LogP contribution in [0.25, 0.3) is 0 Å². The molecule has 2 atom stereocenters. The van der Waals surface area contributed by atoms with E-state index in [0.29, 0.717) is 12.2 Å². The molecule has 2 heterocycles. The topological polar surface area (TPSA) is 117 Å². The number of fused-ring (bicyclic) bond motifs is 3. The molecule has 0 aromatic heterocycles. The molecular weight excluding hydrogens is 364 g/mol. The fourth-order valence-corrected chi connectivity index (χ4v) is 3.45. The maximum Gasteiger partial charge on any atom is 0.338 e. The van der Waals surface area contributed by atoms with Gasteiger partial charge in [0.15, 0.2) is 6.61 Å². The summed E-state index contributed by atoms with van der Waals surface area (Å²) in [6.07, 6.45) is 1.77. The lowest BCUT2D eigenvalue weighted by molar-refractivity contribution is -0.130. The van der Waals surface area contributed by atoms with Crippen LogP contribution in [-0.4, -0.2) is 55.5 Å². The second-order valence-electron chi connectivity index (χ2n) is 6.83. The van der Waals surface area contributed by atoms with E-state index in [1.165, 1.54) is 0 Å². The molecule has 28 heavy (non-hydrogen) atoms. The molecule has 150 valence electrons. The standard InChI is InChI=1S/C19H24N4O5/c1-3-20-17(25)11(2)21-16(24)10-28-19(27)12-6-7-14-13(9-12)22-18(26)15-5-4-8-23(14)15/h6-7,9,11,15H,3-5,8,10H2,1-2H3,(H,20,25)(H,21,24)(H,22,26)/t11-,15-/m0/s1. The summed E-state index contributed by atoms with van der Waals surface area (Å²) < 4.78 is 5.03. The van der Waals surface area contributed by atoms with Crippen molar-refractivity contribution in [2.45, 2.75) is 38.8 Å². The van der Waals surface area contributed by atoms with Gasteiger partial charge in [0, 0.05) is 13.1 Å². The van der Waals surface area contributed by atoms with Crippen molar-refractivity contribution in [3.8, 4) is 0 Å². The predicted octanol–water partition coefficient (Wildman–Crippen LogP) is 0.405. The molecule has 0 saturated carbocycles. The first-order valence-corrected chi connectivity index (χ1v) is 9.36. The van der Waals surface area contributed by atoms with Gasteiger partial charge in [-0.2, -0.15) is 0 Å². The quantitative estimate of drug-likeness (QED) is 0.608. The van der Waals surface area contributed by atoms with Crippen LogP contribution in [0.3, 0.4) is 0 Å². The average molecular weight is 388 g/mol. The van der Waals surface area contributed by atoms with Crippen LogP contribution < -0.4 is 20.9 Å². The normalized spacial score (nSPS) is 18.4. The molecule has 0 aliphatic carbocycles. The highest BCUT2D eigenvalue weighted by atomic mass is 16.5. The number of ether oxygens (including phenoxy) is 1. The average Bonchev–Trinajstić information content (AvgIpc) is 3.16. The molecule has 9 heteroatoms.